The molecule has 3 aromatic rings. The summed E-state index contributed by atoms with van der Waals surface area (Å²) in [6, 6.07) is 16.4. The molecule has 3 rings (SSSR count). The predicted octanol–water partition coefficient (Wildman–Crippen LogP) is 4.16. The van der Waals surface area contributed by atoms with E-state index in [1.165, 1.54) is 16.5 Å². The van der Waals surface area contributed by atoms with Crippen LogP contribution >= 0.6 is 0 Å². The van der Waals surface area contributed by atoms with E-state index in [9.17, 15) is 0 Å². The standard InChI is InChI=1S/C18H18N2/c1-3-13-9-10-17-15(11-13)16(12-20(17)2)18(19)14-7-5-4-6-8-14/h4-12,19H,3H2,1-2H3. The van der Waals surface area contributed by atoms with Gasteiger partial charge in [-0.15, -0.1) is 0 Å². The van der Waals surface area contributed by atoms with Gasteiger partial charge in [-0.3, -0.25) is 5.41 Å². The minimum Gasteiger partial charge on any atom is -0.350 e. The molecular formula is C18H18N2. The van der Waals surface area contributed by atoms with E-state index in [0.29, 0.717) is 5.71 Å². The van der Waals surface area contributed by atoms with Crippen LogP contribution < -0.4 is 0 Å². The fraction of sp³-hybridized carbons (Fsp3) is 0.167. The topological polar surface area (TPSA) is 28.8 Å². The first kappa shape index (κ1) is 12.7. The van der Waals surface area contributed by atoms with Crippen molar-refractivity contribution in [2.24, 2.45) is 7.05 Å². The molecule has 0 spiro atoms. The number of benzene rings is 2. The zero-order chi connectivity index (χ0) is 14.1. The molecule has 0 atom stereocenters. The average Bonchev–Trinajstić information content (AvgIpc) is 2.84. The van der Waals surface area contributed by atoms with Crippen LogP contribution in [-0.2, 0) is 13.5 Å². The normalized spacial score (nSPS) is 10.9. The summed E-state index contributed by atoms with van der Waals surface area (Å²) >= 11 is 0. The number of fused-ring (bicyclic) bond motifs is 1. The van der Waals surface area contributed by atoms with Gasteiger partial charge in [-0.05, 0) is 24.1 Å². The molecular weight excluding hydrogens is 244 g/mol. The zero-order valence-electron chi connectivity index (χ0n) is 11.9. The Labute approximate surface area is 119 Å². The molecule has 2 heteroatoms. The lowest BCUT2D eigenvalue weighted by Gasteiger charge is -2.04. The van der Waals surface area contributed by atoms with Gasteiger partial charge in [0, 0.05) is 35.3 Å². The molecule has 1 heterocycles. The lowest BCUT2D eigenvalue weighted by Crippen LogP contribution is -2.00. The summed E-state index contributed by atoms with van der Waals surface area (Å²) in [5.74, 6) is 0. The van der Waals surface area contributed by atoms with E-state index in [0.717, 1.165) is 17.5 Å². The highest BCUT2D eigenvalue weighted by Gasteiger charge is 2.12. The molecule has 0 aliphatic carbocycles. The van der Waals surface area contributed by atoms with E-state index in [4.69, 9.17) is 5.41 Å². The van der Waals surface area contributed by atoms with Crippen molar-refractivity contribution in [1.29, 1.82) is 5.41 Å². The average molecular weight is 262 g/mol. The summed E-state index contributed by atoms with van der Waals surface area (Å²) < 4.78 is 2.10. The van der Waals surface area contributed by atoms with Gasteiger partial charge in [0.05, 0.1) is 5.71 Å². The minimum atomic E-state index is 0.587. The van der Waals surface area contributed by atoms with E-state index < -0.39 is 0 Å². The molecule has 1 N–H and O–H groups in total. The largest absolute Gasteiger partial charge is 0.350 e. The molecule has 2 nitrogen and oxygen atoms in total. The SMILES string of the molecule is CCc1ccc2c(c1)c(C(=N)c1ccccc1)cn2C. The first-order valence-electron chi connectivity index (χ1n) is 6.93. The molecule has 0 unspecified atom stereocenters. The number of aromatic nitrogens is 1. The van der Waals surface area contributed by atoms with Gasteiger partial charge in [-0.2, -0.15) is 0 Å². The second-order valence-corrected chi connectivity index (χ2v) is 5.10. The molecule has 0 fully saturated rings. The van der Waals surface area contributed by atoms with Crippen molar-refractivity contribution in [3.63, 3.8) is 0 Å². The van der Waals surface area contributed by atoms with E-state index in [-0.39, 0.29) is 0 Å². The van der Waals surface area contributed by atoms with Crippen LogP contribution in [0.4, 0.5) is 0 Å². The van der Waals surface area contributed by atoms with Gasteiger partial charge in [0.1, 0.15) is 0 Å². The van der Waals surface area contributed by atoms with Gasteiger partial charge in [0.25, 0.3) is 0 Å². The quantitative estimate of drug-likeness (QED) is 0.687. The van der Waals surface area contributed by atoms with Crippen molar-refractivity contribution in [3.8, 4) is 0 Å². The highest BCUT2D eigenvalue weighted by molar-refractivity contribution is 6.17. The van der Waals surface area contributed by atoms with Crippen molar-refractivity contribution in [3.05, 3.63) is 71.4 Å². The molecule has 20 heavy (non-hydrogen) atoms. The van der Waals surface area contributed by atoms with Crippen LogP contribution in [0.25, 0.3) is 10.9 Å². The van der Waals surface area contributed by atoms with Crippen LogP contribution in [0, 0.1) is 5.41 Å². The Kier molecular flexibility index (Phi) is 3.15. The second kappa shape index (κ2) is 4.97. The van der Waals surface area contributed by atoms with Gasteiger partial charge < -0.3 is 4.57 Å². The van der Waals surface area contributed by atoms with Crippen LogP contribution in [-0.4, -0.2) is 10.3 Å². The van der Waals surface area contributed by atoms with Crippen LogP contribution in [0.2, 0.25) is 0 Å². The van der Waals surface area contributed by atoms with Crippen LogP contribution in [0.3, 0.4) is 0 Å². The molecule has 2 aromatic carbocycles. The molecule has 0 aliphatic rings. The smallest absolute Gasteiger partial charge is 0.0706 e. The molecule has 100 valence electrons. The van der Waals surface area contributed by atoms with Crippen molar-refractivity contribution in [2.75, 3.05) is 0 Å². The number of rotatable bonds is 3. The lowest BCUT2D eigenvalue weighted by atomic mass is 10.0. The monoisotopic (exact) mass is 262 g/mol. The molecule has 0 saturated heterocycles. The van der Waals surface area contributed by atoms with Gasteiger partial charge in [0.15, 0.2) is 0 Å². The summed E-state index contributed by atoms with van der Waals surface area (Å²) in [6.07, 6.45) is 3.07. The highest BCUT2D eigenvalue weighted by atomic mass is 14.9. The van der Waals surface area contributed by atoms with Crippen LogP contribution in [0.15, 0.2) is 54.7 Å². The number of hydrogen-bond donors (Lipinski definition) is 1. The summed E-state index contributed by atoms with van der Waals surface area (Å²) in [7, 11) is 2.04. The van der Waals surface area contributed by atoms with Crippen LogP contribution in [0.5, 0.6) is 0 Å². The summed E-state index contributed by atoms with van der Waals surface area (Å²) in [5.41, 5.74) is 5.04. The van der Waals surface area contributed by atoms with Crippen molar-refractivity contribution in [2.45, 2.75) is 13.3 Å². The zero-order valence-corrected chi connectivity index (χ0v) is 11.9. The molecule has 0 saturated carbocycles. The third-order valence-corrected chi connectivity index (χ3v) is 3.79. The summed E-state index contributed by atoms with van der Waals surface area (Å²) in [6.45, 7) is 2.16. The Bertz CT molecular complexity index is 767. The number of nitrogens with zero attached hydrogens (tertiary/aromatic N) is 1. The van der Waals surface area contributed by atoms with E-state index >= 15 is 0 Å². The number of nitrogens with one attached hydrogen (secondary N) is 1. The maximum absolute atomic E-state index is 8.48. The highest BCUT2D eigenvalue weighted by Crippen LogP contribution is 2.24. The van der Waals surface area contributed by atoms with Gasteiger partial charge in [-0.25, -0.2) is 0 Å². The molecule has 0 radical (unpaired) electrons. The first-order chi connectivity index (χ1) is 9.70. The Morgan fingerprint density at radius 2 is 1.85 bits per heavy atom. The fourth-order valence-electron chi connectivity index (χ4n) is 2.62. The van der Waals surface area contributed by atoms with Gasteiger partial charge in [0.2, 0.25) is 0 Å². The maximum Gasteiger partial charge on any atom is 0.0706 e. The third-order valence-electron chi connectivity index (χ3n) is 3.79. The molecule has 0 bridgehead atoms. The third kappa shape index (κ3) is 2.03. The van der Waals surface area contributed by atoms with Crippen molar-refractivity contribution in [1.82, 2.24) is 4.57 Å². The lowest BCUT2D eigenvalue weighted by molar-refractivity contribution is 0.967. The van der Waals surface area contributed by atoms with E-state index in [2.05, 4.69) is 35.9 Å². The Balaban J connectivity index is 2.18. The minimum absolute atomic E-state index is 0.587. The predicted molar refractivity (Wildman–Crippen MR) is 84.7 cm³/mol. The first-order valence-corrected chi connectivity index (χ1v) is 6.93. The summed E-state index contributed by atoms with van der Waals surface area (Å²) in [5, 5.41) is 9.65. The Hall–Kier alpha value is -2.35. The molecule has 0 aliphatic heterocycles. The Morgan fingerprint density at radius 1 is 1.10 bits per heavy atom. The van der Waals surface area contributed by atoms with E-state index in [1.807, 2.05) is 37.4 Å². The second-order valence-electron chi connectivity index (χ2n) is 5.10. The van der Waals surface area contributed by atoms with Crippen molar-refractivity contribution >= 4 is 16.6 Å². The van der Waals surface area contributed by atoms with Crippen molar-refractivity contribution < 1.29 is 0 Å². The van der Waals surface area contributed by atoms with Gasteiger partial charge >= 0.3 is 0 Å². The maximum atomic E-state index is 8.48. The Morgan fingerprint density at radius 3 is 2.55 bits per heavy atom. The molecule has 1 aromatic heterocycles. The van der Waals surface area contributed by atoms with Crippen LogP contribution in [0.1, 0.15) is 23.6 Å². The number of aryl methyl sites for hydroxylation is 2. The fourth-order valence-corrected chi connectivity index (χ4v) is 2.62. The van der Waals surface area contributed by atoms with E-state index in [1.54, 1.807) is 0 Å². The van der Waals surface area contributed by atoms with Gasteiger partial charge in [-0.1, -0.05) is 43.3 Å². The summed E-state index contributed by atoms with van der Waals surface area (Å²) in [4.78, 5) is 0. The molecule has 0 amide bonds. The number of hydrogen-bond acceptors (Lipinski definition) is 1.